The minimum atomic E-state index is -0.315. The number of carbonyl (C=O) groups is 2. The van der Waals surface area contributed by atoms with Gasteiger partial charge in [-0.3, -0.25) is 14.3 Å². The number of aromatic nitrogens is 4. The van der Waals surface area contributed by atoms with E-state index in [-0.39, 0.29) is 17.9 Å². The lowest BCUT2D eigenvalue weighted by molar-refractivity contribution is -0.131. The molecule has 25 heavy (non-hydrogen) atoms. The van der Waals surface area contributed by atoms with Crippen molar-refractivity contribution in [1.29, 1.82) is 0 Å². The van der Waals surface area contributed by atoms with Crippen LogP contribution in [0, 0.1) is 6.92 Å². The summed E-state index contributed by atoms with van der Waals surface area (Å²) in [6.45, 7) is 7.29. The Morgan fingerprint density at radius 2 is 2.12 bits per heavy atom. The van der Waals surface area contributed by atoms with E-state index in [1.807, 2.05) is 6.92 Å². The van der Waals surface area contributed by atoms with E-state index >= 15 is 0 Å². The van der Waals surface area contributed by atoms with Gasteiger partial charge < -0.3 is 14.3 Å². The summed E-state index contributed by atoms with van der Waals surface area (Å²) in [6, 6.07) is 1.41. The predicted octanol–water partition coefficient (Wildman–Crippen LogP) is 1.03. The molecule has 1 saturated heterocycles. The van der Waals surface area contributed by atoms with Crippen LogP contribution in [0.15, 0.2) is 16.8 Å². The summed E-state index contributed by atoms with van der Waals surface area (Å²) in [5.74, 6) is 0.738. The first-order valence-corrected chi connectivity index (χ1v) is 8.39. The molecule has 1 aliphatic heterocycles. The number of hydrogen-bond donors (Lipinski definition) is 0. The molecule has 1 unspecified atom stereocenters. The second-order valence-electron chi connectivity index (χ2n) is 6.05. The van der Waals surface area contributed by atoms with Crippen LogP contribution in [-0.2, 0) is 11.3 Å². The van der Waals surface area contributed by atoms with Crippen LogP contribution < -0.4 is 0 Å². The number of hydrogen-bond acceptors (Lipinski definition) is 6. The molecule has 0 aromatic carbocycles. The van der Waals surface area contributed by atoms with Crippen LogP contribution in [0.25, 0.3) is 0 Å². The van der Waals surface area contributed by atoms with E-state index in [0.29, 0.717) is 50.0 Å². The van der Waals surface area contributed by atoms with Crippen molar-refractivity contribution < 1.29 is 14.1 Å². The monoisotopic (exact) mass is 346 g/mol. The van der Waals surface area contributed by atoms with Crippen LogP contribution in [0.5, 0.6) is 0 Å². The third kappa shape index (κ3) is 3.54. The SMILES string of the molecule is CCn1ccc(C(=O)N2CCC(c3nc(C)no3)N(C(C)=O)CC2)n1. The molecule has 3 rings (SSSR count). The molecule has 2 amide bonds. The minimum Gasteiger partial charge on any atom is -0.337 e. The highest BCUT2D eigenvalue weighted by Gasteiger charge is 2.33. The van der Waals surface area contributed by atoms with Crippen molar-refractivity contribution in [2.45, 2.75) is 39.8 Å². The topological polar surface area (TPSA) is 97.4 Å². The van der Waals surface area contributed by atoms with Crippen molar-refractivity contribution in [3.05, 3.63) is 29.7 Å². The first-order chi connectivity index (χ1) is 12.0. The van der Waals surface area contributed by atoms with Crippen molar-refractivity contribution in [1.82, 2.24) is 29.7 Å². The summed E-state index contributed by atoms with van der Waals surface area (Å²) < 4.78 is 6.98. The van der Waals surface area contributed by atoms with E-state index in [1.54, 1.807) is 33.7 Å². The maximum Gasteiger partial charge on any atom is 0.274 e. The van der Waals surface area contributed by atoms with E-state index in [1.165, 1.54) is 6.92 Å². The fourth-order valence-electron chi connectivity index (χ4n) is 3.03. The molecule has 1 aliphatic rings. The fraction of sp³-hybridized carbons (Fsp3) is 0.562. The van der Waals surface area contributed by atoms with Gasteiger partial charge in [-0.2, -0.15) is 10.1 Å². The first kappa shape index (κ1) is 17.1. The summed E-state index contributed by atoms with van der Waals surface area (Å²) in [5.41, 5.74) is 0.420. The summed E-state index contributed by atoms with van der Waals surface area (Å²) in [4.78, 5) is 32.4. The van der Waals surface area contributed by atoms with Crippen LogP contribution in [0.1, 0.15) is 48.5 Å². The smallest absolute Gasteiger partial charge is 0.274 e. The quantitative estimate of drug-likeness (QED) is 0.823. The van der Waals surface area contributed by atoms with E-state index in [0.717, 1.165) is 0 Å². The number of carbonyl (C=O) groups excluding carboxylic acids is 2. The summed E-state index contributed by atoms with van der Waals surface area (Å²) in [7, 11) is 0. The molecule has 2 aromatic heterocycles. The van der Waals surface area contributed by atoms with Crippen molar-refractivity contribution in [2.75, 3.05) is 19.6 Å². The Hall–Kier alpha value is -2.71. The van der Waals surface area contributed by atoms with Gasteiger partial charge in [-0.05, 0) is 26.3 Å². The van der Waals surface area contributed by atoms with Crippen LogP contribution in [0.2, 0.25) is 0 Å². The zero-order valence-corrected chi connectivity index (χ0v) is 14.7. The molecule has 0 saturated carbocycles. The normalized spacial score (nSPS) is 18.3. The first-order valence-electron chi connectivity index (χ1n) is 8.39. The molecule has 9 nitrogen and oxygen atoms in total. The molecule has 2 aromatic rings. The van der Waals surface area contributed by atoms with Gasteiger partial charge in [-0.1, -0.05) is 5.16 Å². The highest BCUT2D eigenvalue weighted by atomic mass is 16.5. The van der Waals surface area contributed by atoms with E-state index < -0.39 is 0 Å². The van der Waals surface area contributed by atoms with Gasteiger partial charge in [0, 0.05) is 39.3 Å². The van der Waals surface area contributed by atoms with Gasteiger partial charge in [0.2, 0.25) is 11.8 Å². The molecule has 0 N–H and O–H groups in total. The predicted molar refractivity (Wildman–Crippen MR) is 87.6 cm³/mol. The Kier molecular flexibility index (Phi) is 4.82. The van der Waals surface area contributed by atoms with E-state index in [9.17, 15) is 9.59 Å². The molecule has 9 heteroatoms. The van der Waals surface area contributed by atoms with Crippen LogP contribution >= 0.6 is 0 Å². The maximum absolute atomic E-state index is 12.7. The highest BCUT2D eigenvalue weighted by molar-refractivity contribution is 5.92. The van der Waals surface area contributed by atoms with Crippen LogP contribution in [0.3, 0.4) is 0 Å². The largest absolute Gasteiger partial charge is 0.337 e. The Morgan fingerprint density at radius 1 is 1.32 bits per heavy atom. The molecular weight excluding hydrogens is 324 g/mol. The number of rotatable bonds is 3. The average molecular weight is 346 g/mol. The molecule has 3 heterocycles. The molecule has 1 fully saturated rings. The Morgan fingerprint density at radius 3 is 2.72 bits per heavy atom. The molecule has 0 spiro atoms. The van der Waals surface area contributed by atoms with Crippen molar-refractivity contribution in [3.63, 3.8) is 0 Å². The van der Waals surface area contributed by atoms with E-state index in [4.69, 9.17) is 4.52 Å². The zero-order chi connectivity index (χ0) is 18.0. The lowest BCUT2D eigenvalue weighted by Crippen LogP contribution is -2.37. The molecule has 0 aliphatic carbocycles. The highest BCUT2D eigenvalue weighted by Crippen LogP contribution is 2.26. The summed E-state index contributed by atoms with van der Waals surface area (Å²) in [6.07, 6.45) is 2.33. The van der Waals surface area contributed by atoms with Gasteiger partial charge in [-0.15, -0.1) is 0 Å². The molecule has 1 atom stereocenters. The van der Waals surface area contributed by atoms with Gasteiger partial charge in [0.1, 0.15) is 11.7 Å². The lowest BCUT2D eigenvalue weighted by Gasteiger charge is -2.25. The number of aryl methyl sites for hydroxylation is 2. The minimum absolute atomic E-state index is 0.0783. The van der Waals surface area contributed by atoms with Crippen molar-refractivity contribution >= 4 is 11.8 Å². The Bertz CT molecular complexity index is 768. The van der Waals surface area contributed by atoms with Crippen molar-refractivity contribution in [2.24, 2.45) is 0 Å². The summed E-state index contributed by atoms with van der Waals surface area (Å²) >= 11 is 0. The maximum atomic E-state index is 12.7. The van der Waals surface area contributed by atoms with Crippen LogP contribution in [-0.4, -0.2) is 61.2 Å². The molecular formula is C16H22N6O3. The Labute approximate surface area is 145 Å². The molecule has 0 radical (unpaired) electrons. The third-order valence-electron chi connectivity index (χ3n) is 4.36. The fourth-order valence-corrected chi connectivity index (χ4v) is 3.03. The third-order valence-corrected chi connectivity index (χ3v) is 4.36. The van der Waals surface area contributed by atoms with Gasteiger partial charge >= 0.3 is 0 Å². The zero-order valence-electron chi connectivity index (χ0n) is 14.7. The number of amides is 2. The lowest BCUT2D eigenvalue weighted by atomic mass is 10.1. The van der Waals surface area contributed by atoms with Crippen LogP contribution in [0.4, 0.5) is 0 Å². The summed E-state index contributed by atoms with van der Waals surface area (Å²) in [5, 5.41) is 8.09. The molecule has 0 bridgehead atoms. The van der Waals surface area contributed by atoms with Gasteiger partial charge in [0.25, 0.3) is 5.91 Å². The van der Waals surface area contributed by atoms with Crippen molar-refractivity contribution in [3.8, 4) is 0 Å². The number of nitrogens with zero attached hydrogens (tertiary/aromatic N) is 6. The van der Waals surface area contributed by atoms with Gasteiger partial charge in [-0.25, -0.2) is 0 Å². The van der Waals surface area contributed by atoms with E-state index in [2.05, 4.69) is 15.2 Å². The second kappa shape index (κ2) is 7.04. The van der Waals surface area contributed by atoms with Gasteiger partial charge in [0.05, 0.1) is 0 Å². The van der Waals surface area contributed by atoms with Gasteiger partial charge in [0.15, 0.2) is 5.82 Å². The second-order valence-corrected chi connectivity index (χ2v) is 6.05. The Balaban J connectivity index is 1.78. The average Bonchev–Trinajstić information content (AvgIpc) is 3.17. The molecule has 134 valence electrons. The standard InChI is InChI=1S/C16H22N6O3/c1-4-21-8-5-13(18-21)16(24)20-7-6-14(15-17-11(2)19-25-15)22(10-9-20)12(3)23/h5,8,14H,4,6-7,9-10H2,1-3H3.